The van der Waals surface area contributed by atoms with Crippen molar-refractivity contribution in [2.75, 3.05) is 6.67 Å². The standard InChI is InChI=1S/C8H11N.C3H5FO3/c1-7(9)8-5-3-2-4-6-8;4-1-2(5)3(6)7/h2-7H,9H2,1H3;2,5H,1H2,(H,6,7). The summed E-state index contributed by atoms with van der Waals surface area (Å²) in [5.41, 5.74) is 6.81. The Bertz CT molecular complexity index is 303. The van der Waals surface area contributed by atoms with Gasteiger partial charge in [-0.15, -0.1) is 0 Å². The lowest BCUT2D eigenvalue weighted by Crippen LogP contribution is -2.20. The molecule has 0 aromatic heterocycles. The SMILES string of the molecule is CC(N)c1ccccc1.O=C(O)C(O)CF. The molecular weight excluding hydrogens is 213 g/mol. The lowest BCUT2D eigenvalue weighted by Gasteiger charge is -2.02. The van der Waals surface area contributed by atoms with E-state index in [9.17, 15) is 9.18 Å². The molecule has 0 heterocycles. The maximum atomic E-state index is 11.0. The smallest absolute Gasteiger partial charge is 0.335 e. The van der Waals surface area contributed by atoms with Crippen molar-refractivity contribution in [3.05, 3.63) is 35.9 Å². The van der Waals surface area contributed by atoms with Gasteiger partial charge in [0, 0.05) is 6.04 Å². The van der Waals surface area contributed by atoms with Crippen LogP contribution < -0.4 is 5.73 Å². The van der Waals surface area contributed by atoms with E-state index in [-0.39, 0.29) is 6.04 Å². The van der Waals surface area contributed by atoms with Gasteiger partial charge in [-0.2, -0.15) is 0 Å². The quantitative estimate of drug-likeness (QED) is 0.725. The normalized spacial score (nSPS) is 13.2. The van der Waals surface area contributed by atoms with Crippen LogP contribution >= 0.6 is 0 Å². The fourth-order valence-electron chi connectivity index (χ4n) is 0.823. The zero-order chi connectivity index (χ0) is 12.6. The lowest BCUT2D eigenvalue weighted by atomic mass is 10.1. The summed E-state index contributed by atoms with van der Waals surface area (Å²) in [5.74, 6) is -1.53. The van der Waals surface area contributed by atoms with Gasteiger partial charge in [-0.25, -0.2) is 9.18 Å². The van der Waals surface area contributed by atoms with Crippen LogP contribution in [-0.4, -0.2) is 29.0 Å². The van der Waals surface area contributed by atoms with Crippen LogP contribution in [-0.2, 0) is 4.79 Å². The molecule has 0 aliphatic carbocycles. The Balaban J connectivity index is 0.000000293. The molecule has 0 bridgehead atoms. The summed E-state index contributed by atoms with van der Waals surface area (Å²) >= 11 is 0. The third-order valence-electron chi connectivity index (χ3n) is 1.76. The molecule has 0 saturated carbocycles. The van der Waals surface area contributed by atoms with Crippen LogP contribution in [0.25, 0.3) is 0 Å². The summed E-state index contributed by atoms with van der Waals surface area (Å²) in [4.78, 5) is 9.44. The fraction of sp³-hybridized carbons (Fsp3) is 0.364. The van der Waals surface area contributed by atoms with Crippen LogP contribution in [0, 0.1) is 0 Å². The number of hydrogen-bond acceptors (Lipinski definition) is 3. The average molecular weight is 229 g/mol. The van der Waals surface area contributed by atoms with Crippen molar-refractivity contribution >= 4 is 5.97 Å². The number of aliphatic hydroxyl groups excluding tert-OH is 1. The number of aliphatic carboxylic acids is 1. The van der Waals surface area contributed by atoms with E-state index in [4.69, 9.17) is 15.9 Å². The van der Waals surface area contributed by atoms with Gasteiger partial charge >= 0.3 is 5.97 Å². The first kappa shape index (κ1) is 14.5. The predicted molar refractivity (Wildman–Crippen MR) is 58.7 cm³/mol. The topological polar surface area (TPSA) is 83.6 Å². The molecule has 2 atom stereocenters. The van der Waals surface area contributed by atoms with Crippen LogP contribution in [0.2, 0.25) is 0 Å². The first-order chi connectivity index (χ1) is 7.49. The van der Waals surface area contributed by atoms with Crippen molar-refractivity contribution in [2.24, 2.45) is 5.73 Å². The van der Waals surface area contributed by atoms with Gasteiger partial charge in [-0.3, -0.25) is 0 Å². The third kappa shape index (κ3) is 6.10. The van der Waals surface area contributed by atoms with E-state index < -0.39 is 18.7 Å². The number of aliphatic hydroxyl groups is 1. The summed E-state index contributed by atoms with van der Waals surface area (Å²) < 4.78 is 11.0. The highest BCUT2D eigenvalue weighted by Crippen LogP contribution is 2.06. The number of nitrogens with two attached hydrogens (primary N) is 1. The van der Waals surface area contributed by atoms with E-state index in [2.05, 4.69) is 0 Å². The summed E-state index contributed by atoms with van der Waals surface area (Å²) in [6, 6.07) is 10.2. The molecule has 2 unspecified atom stereocenters. The van der Waals surface area contributed by atoms with Gasteiger partial charge in [0.15, 0.2) is 6.10 Å². The average Bonchev–Trinajstić information content (AvgIpc) is 2.29. The van der Waals surface area contributed by atoms with Gasteiger partial charge in [0.05, 0.1) is 0 Å². The largest absolute Gasteiger partial charge is 0.479 e. The molecule has 4 N–H and O–H groups in total. The summed E-state index contributed by atoms with van der Waals surface area (Å²) in [5, 5.41) is 15.7. The Morgan fingerprint density at radius 3 is 2.12 bits per heavy atom. The molecule has 4 nitrogen and oxygen atoms in total. The zero-order valence-electron chi connectivity index (χ0n) is 9.01. The molecule has 16 heavy (non-hydrogen) atoms. The van der Waals surface area contributed by atoms with Crippen LogP contribution in [0.5, 0.6) is 0 Å². The molecule has 1 rings (SSSR count). The van der Waals surface area contributed by atoms with Crippen molar-refractivity contribution in [3.8, 4) is 0 Å². The molecule has 5 heteroatoms. The van der Waals surface area contributed by atoms with Gasteiger partial charge in [-0.1, -0.05) is 30.3 Å². The summed E-state index contributed by atoms with van der Waals surface area (Å²) in [6.07, 6.45) is -1.85. The molecular formula is C11H16FNO3. The number of carboxylic acids is 1. The Kier molecular flexibility index (Phi) is 7.07. The van der Waals surface area contributed by atoms with E-state index in [1.165, 1.54) is 5.56 Å². The van der Waals surface area contributed by atoms with Crippen LogP contribution in [0.1, 0.15) is 18.5 Å². The number of alkyl halides is 1. The summed E-state index contributed by atoms with van der Waals surface area (Å²) in [7, 11) is 0. The van der Waals surface area contributed by atoms with Crippen molar-refractivity contribution in [1.29, 1.82) is 0 Å². The van der Waals surface area contributed by atoms with E-state index in [1.54, 1.807) is 0 Å². The minimum Gasteiger partial charge on any atom is -0.479 e. The molecule has 0 radical (unpaired) electrons. The molecule has 0 amide bonds. The maximum Gasteiger partial charge on any atom is 0.335 e. The van der Waals surface area contributed by atoms with E-state index in [1.807, 2.05) is 37.3 Å². The summed E-state index contributed by atoms with van der Waals surface area (Å²) in [6.45, 7) is 0.755. The predicted octanol–water partition coefficient (Wildman–Crippen LogP) is 1.11. The second-order valence-electron chi connectivity index (χ2n) is 3.21. The number of halogens is 1. The first-order valence-corrected chi connectivity index (χ1v) is 4.76. The van der Waals surface area contributed by atoms with Crippen LogP contribution in [0.3, 0.4) is 0 Å². The molecule has 0 spiro atoms. The molecule has 0 saturated heterocycles. The number of rotatable bonds is 3. The minimum absolute atomic E-state index is 0.159. The van der Waals surface area contributed by atoms with E-state index in [0.717, 1.165) is 0 Å². The second kappa shape index (κ2) is 7.78. The molecule has 0 aliphatic heterocycles. The Labute approximate surface area is 93.5 Å². The van der Waals surface area contributed by atoms with Gasteiger partial charge in [0.25, 0.3) is 0 Å². The Hall–Kier alpha value is -1.46. The maximum absolute atomic E-state index is 11.0. The molecule has 90 valence electrons. The Morgan fingerprint density at radius 2 is 1.94 bits per heavy atom. The zero-order valence-corrected chi connectivity index (χ0v) is 9.01. The first-order valence-electron chi connectivity index (χ1n) is 4.76. The molecule has 1 aromatic rings. The van der Waals surface area contributed by atoms with Gasteiger partial charge in [0.1, 0.15) is 6.67 Å². The van der Waals surface area contributed by atoms with E-state index >= 15 is 0 Å². The van der Waals surface area contributed by atoms with Crippen LogP contribution in [0.4, 0.5) is 4.39 Å². The third-order valence-corrected chi connectivity index (χ3v) is 1.76. The van der Waals surface area contributed by atoms with Crippen molar-refractivity contribution < 1.29 is 19.4 Å². The molecule has 0 fully saturated rings. The lowest BCUT2D eigenvalue weighted by molar-refractivity contribution is -0.147. The fourth-order valence-corrected chi connectivity index (χ4v) is 0.823. The molecule has 1 aromatic carbocycles. The van der Waals surface area contributed by atoms with Crippen molar-refractivity contribution in [3.63, 3.8) is 0 Å². The second-order valence-corrected chi connectivity index (χ2v) is 3.21. The number of hydrogen-bond donors (Lipinski definition) is 3. The Morgan fingerprint density at radius 1 is 1.44 bits per heavy atom. The highest BCUT2D eigenvalue weighted by Gasteiger charge is 2.10. The number of carboxylic acid groups (broad SMARTS) is 1. The number of benzene rings is 1. The molecule has 0 aliphatic rings. The van der Waals surface area contributed by atoms with Crippen molar-refractivity contribution in [1.82, 2.24) is 0 Å². The minimum atomic E-state index is -1.85. The highest BCUT2D eigenvalue weighted by atomic mass is 19.1. The van der Waals surface area contributed by atoms with Gasteiger partial charge < -0.3 is 15.9 Å². The van der Waals surface area contributed by atoms with Gasteiger partial charge in [0.2, 0.25) is 0 Å². The number of carbonyl (C=O) groups is 1. The van der Waals surface area contributed by atoms with Crippen LogP contribution in [0.15, 0.2) is 30.3 Å². The van der Waals surface area contributed by atoms with Crippen molar-refractivity contribution in [2.45, 2.75) is 19.1 Å². The monoisotopic (exact) mass is 229 g/mol. The van der Waals surface area contributed by atoms with E-state index in [0.29, 0.717) is 0 Å². The highest BCUT2D eigenvalue weighted by molar-refractivity contribution is 5.71. The van der Waals surface area contributed by atoms with Gasteiger partial charge in [-0.05, 0) is 12.5 Å².